The van der Waals surface area contributed by atoms with Gasteiger partial charge in [-0.25, -0.2) is 24.5 Å². The first-order chi connectivity index (χ1) is 21.1. The number of aliphatic hydroxyl groups is 1. The van der Waals surface area contributed by atoms with Gasteiger partial charge < -0.3 is 34.4 Å². The molecular formula is C31H43ClN6O6S. The highest BCUT2D eigenvalue weighted by atomic mass is 35.5. The Morgan fingerprint density at radius 1 is 1.13 bits per heavy atom. The van der Waals surface area contributed by atoms with E-state index in [4.69, 9.17) is 25.8 Å². The Hall–Kier alpha value is -2.87. The number of pyridine rings is 1. The number of alkyl carbamates (subject to hydrolysis) is 1. The van der Waals surface area contributed by atoms with Gasteiger partial charge in [-0.3, -0.25) is 0 Å². The van der Waals surface area contributed by atoms with Gasteiger partial charge in [-0.1, -0.05) is 23.4 Å². The Morgan fingerprint density at radius 2 is 1.82 bits per heavy atom. The molecular weight excluding hydrogens is 620 g/mol. The van der Waals surface area contributed by atoms with Crippen molar-refractivity contribution in [1.82, 2.24) is 20.3 Å². The van der Waals surface area contributed by atoms with Gasteiger partial charge in [-0.05, 0) is 66.5 Å². The molecule has 0 bridgehead atoms. The number of carbonyl (C=O) groups is 2. The molecule has 12 nitrogen and oxygen atoms in total. The molecule has 0 aliphatic carbocycles. The minimum atomic E-state index is -0.737. The SMILES string of the molecule is COC(=O)c1nc(Sc2ccc(N3CC(C(C)(C)O)C3)nc2Cl)cnc1N1CCC2(CC1)CO[C@@H](C)[C@H]2NC(=O)OC(C)(C)C. The van der Waals surface area contributed by atoms with Gasteiger partial charge in [0.05, 0.1) is 42.6 Å². The first-order valence-electron chi connectivity index (χ1n) is 15.2. The number of anilines is 2. The molecule has 2 aromatic rings. The summed E-state index contributed by atoms with van der Waals surface area (Å²) in [6, 6.07) is 3.56. The van der Waals surface area contributed by atoms with E-state index in [0.717, 1.165) is 18.7 Å². The molecule has 0 radical (unpaired) electrons. The summed E-state index contributed by atoms with van der Waals surface area (Å²) in [5.41, 5.74) is -1.48. The fraction of sp³-hybridized carbons (Fsp3) is 0.645. The van der Waals surface area contributed by atoms with Gasteiger partial charge in [0.2, 0.25) is 0 Å². The molecule has 2 aromatic heterocycles. The maximum Gasteiger partial charge on any atom is 0.407 e. The highest BCUT2D eigenvalue weighted by Crippen LogP contribution is 2.44. The number of methoxy groups -OCH3 is 1. The van der Waals surface area contributed by atoms with Gasteiger partial charge in [0, 0.05) is 37.5 Å². The van der Waals surface area contributed by atoms with Crippen molar-refractivity contribution >= 4 is 47.1 Å². The lowest BCUT2D eigenvalue weighted by Gasteiger charge is -2.45. The third-order valence-corrected chi connectivity index (χ3v) is 10.2. The van der Waals surface area contributed by atoms with Gasteiger partial charge >= 0.3 is 12.1 Å². The van der Waals surface area contributed by atoms with E-state index in [2.05, 4.69) is 25.2 Å². The second kappa shape index (κ2) is 12.7. The van der Waals surface area contributed by atoms with E-state index in [0.29, 0.717) is 53.7 Å². The lowest BCUT2D eigenvalue weighted by molar-refractivity contribution is 0.00437. The van der Waals surface area contributed by atoms with Crippen LogP contribution in [-0.4, -0.2) is 95.4 Å². The number of rotatable bonds is 7. The van der Waals surface area contributed by atoms with Crippen LogP contribution in [0.15, 0.2) is 28.3 Å². The number of amides is 1. The van der Waals surface area contributed by atoms with Crippen LogP contribution in [0.1, 0.15) is 64.9 Å². The maximum atomic E-state index is 12.9. The maximum absolute atomic E-state index is 12.9. The van der Waals surface area contributed by atoms with Crippen molar-refractivity contribution in [2.24, 2.45) is 11.3 Å². The standard InChI is InChI=1S/C31H43ClN6O6S/c1-18-24(36-28(40)44-29(2,3)4)31(17-43-18)10-12-37(13-11-31)26-23(27(39)42-7)35-22(14-33-26)45-20-8-9-21(34-25(20)32)38-15-19(16-38)30(5,6)41/h8-9,14,18-19,24,41H,10-13,15-17H2,1-7H3,(H,36,40)/t18-,24+/m0/s1. The van der Waals surface area contributed by atoms with Crippen LogP contribution in [0.25, 0.3) is 0 Å². The quantitative estimate of drug-likeness (QED) is 0.317. The van der Waals surface area contributed by atoms with Crippen LogP contribution in [0.2, 0.25) is 5.15 Å². The van der Waals surface area contributed by atoms with Crippen molar-refractivity contribution in [3.05, 3.63) is 29.2 Å². The van der Waals surface area contributed by atoms with Crippen molar-refractivity contribution < 1.29 is 28.9 Å². The van der Waals surface area contributed by atoms with Crippen LogP contribution >= 0.6 is 23.4 Å². The highest BCUT2D eigenvalue weighted by molar-refractivity contribution is 7.99. The molecule has 1 spiro atoms. The number of carbonyl (C=O) groups excluding carboxylic acids is 2. The van der Waals surface area contributed by atoms with Crippen LogP contribution in [0.3, 0.4) is 0 Å². The fourth-order valence-electron chi connectivity index (χ4n) is 6.08. The minimum absolute atomic E-state index is 0.122. The van der Waals surface area contributed by atoms with Crippen molar-refractivity contribution in [3.63, 3.8) is 0 Å². The van der Waals surface area contributed by atoms with E-state index in [1.807, 2.05) is 58.6 Å². The zero-order valence-electron chi connectivity index (χ0n) is 26.9. The third-order valence-electron chi connectivity index (χ3n) is 8.82. The molecule has 0 aromatic carbocycles. The summed E-state index contributed by atoms with van der Waals surface area (Å²) in [6.45, 7) is 14.2. The van der Waals surface area contributed by atoms with Gasteiger partial charge in [0.1, 0.15) is 21.6 Å². The second-order valence-electron chi connectivity index (χ2n) is 13.7. The van der Waals surface area contributed by atoms with Crippen LogP contribution in [0.4, 0.5) is 16.4 Å². The molecule has 3 fully saturated rings. The summed E-state index contributed by atoms with van der Waals surface area (Å²) in [4.78, 5) is 44.1. The lowest BCUT2D eigenvalue weighted by atomic mass is 9.73. The number of hydrogen-bond acceptors (Lipinski definition) is 12. The molecule has 2 N–H and O–H groups in total. The Kier molecular flexibility index (Phi) is 9.48. The Morgan fingerprint density at radius 3 is 2.42 bits per heavy atom. The first-order valence-corrected chi connectivity index (χ1v) is 16.4. The van der Waals surface area contributed by atoms with Crippen LogP contribution < -0.4 is 15.1 Å². The molecule has 0 unspecified atom stereocenters. The molecule has 246 valence electrons. The van der Waals surface area contributed by atoms with Crippen molar-refractivity contribution in [1.29, 1.82) is 0 Å². The average molecular weight is 663 g/mol. The van der Waals surface area contributed by atoms with Gasteiger partial charge in [-0.2, -0.15) is 0 Å². The number of halogens is 1. The molecule has 45 heavy (non-hydrogen) atoms. The van der Waals surface area contributed by atoms with E-state index in [-0.39, 0.29) is 29.2 Å². The molecule has 3 aliphatic heterocycles. The molecule has 5 heterocycles. The summed E-state index contributed by atoms with van der Waals surface area (Å²) in [5, 5.41) is 14.1. The van der Waals surface area contributed by atoms with Crippen LogP contribution in [-0.2, 0) is 14.2 Å². The molecule has 3 saturated heterocycles. The summed E-state index contributed by atoms with van der Waals surface area (Å²) in [6.07, 6.45) is 2.45. The molecule has 0 saturated carbocycles. The number of aromatic nitrogens is 3. The van der Waals surface area contributed by atoms with E-state index in [1.54, 1.807) is 6.20 Å². The number of nitrogens with zero attached hydrogens (tertiary/aromatic N) is 5. The largest absolute Gasteiger partial charge is 0.464 e. The minimum Gasteiger partial charge on any atom is -0.464 e. The number of hydrogen-bond donors (Lipinski definition) is 2. The van der Waals surface area contributed by atoms with Crippen molar-refractivity contribution in [2.75, 3.05) is 49.7 Å². The Balaban J connectivity index is 1.27. The van der Waals surface area contributed by atoms with Gasteiger partial charge in [0.25, 0.3) is 0 Å². The van der Waals surface area contributed by atoms with E-state index >= 15 is 0 Å². The zero-order chi connectivity index (χ0) is 32.7. The van der Waals surface area contributed by atoms with Crippen molar-refractivity contribution in [3.8, 4) is 0 Å². The summed E-state index contributed by atoms with van der Waals surface area (Å²) >= 11 is 7.82. The number of esters is 1. The third kappa shape index (κ3) is 7.42. The molecule has 5 rings (SSSR count). The fourth-order valence-corrected chi connectivity index (χ4v) is 7.07. The number of ether oxygens (including phenoxy) is 3. The lowest BCUT2D eigenvalue weighted by Crippen LogP contribution is -2.56. The van der Waals surface area contributed by atoms with E-state index in [9.17, 15) is 14.7 Å². The number of piperidine rings is 1. The molecule has 2 atom stereocenters. The molecule has 14 heteroatoms. The first kappa shape index (κ1) is 33.5. The Bertz CT molecular complexity index is 1420. The Labute approximate surface area is 273 Å². The second-order valence-corrected chi connectivity index (χ2v) is 15.1. The van der Waals surface area contributed by atoms with Crippen LogP contribution in [0, 0.1) is 11.3 Å². The van der Waals surface area contributed by atoms with Crippen molar-refractivity contribution in [2.45, 2.75) is 87.7 Å². The van der Waals surface area contributed by atoms with Crippen LogP contribution in [0.5, 0.6) is 0 Å². The smallest absolute Gasteiger partial charge is 0.407 e. The summed E-state index contributed by atoms with van der Waals surface area (Å²) in [5.74, 6) is 0.785. The summed E-state index contributed by atoms with van der Waals surface area (Å²) in [7, 11) is 1.32. The van der Waals surface area contributed by atoms with E-state index in [1.165, 1.54) is 18.9 Å². The predicted molar refractivity (Wildman–Crippen MR) is 171 cm³/mol. The monoisotopic (exact) mass is 662 g/mol. The summed E-state index contributed by atoms with van der Waals surface area (Å²) < 4.78 is 16.6. The topological polar surface area (TPSA) is 139 Å². The predicted octanol–water partition coefficient (Wildman–Crippen LogP) is 4.57. The number of nitrogens with one attached hydrogen (secondary N) is 1. The van der Waals surface area contributed by atoms with Gasteiger partial charge in [-0.15, -0.1) is 0 Å². The average Bonchev–Trinajstić information content (AvgIpc) is 3.21. The normalized spacial score (nSPS) is 21.9. The van der Waals surface area contributed by atoms with Gasteiger partial charge in [0.15, 0.2) is 11.5 Å². The highest BCUT2D eigenvalue weighted by Gasteiger charge is 2.51. The van der Waals surface area contributed by atoms with E-state index < -0.39 is 23.3 Å². The zero-order valence-corrected chi connectivity index (χ0v) is 28.5. The molecule has 3 aliphatic rings. The molecule has 1 amide bonds.